The molecule has 1 aliphatic rings. The Bertz CT molecular complexity index is 579. The van der Waals surface area contributed by atoms with Crippen molar-refractivity contribution in [3.8, 4) is 0 Å². The van der Waals surface area contributed by atoms with Crippen LogP contribution in [-0.2, 0) is 23.9 Å². The van der Waals surface area contributed by atoms with Crippen molar-refractivity contribution in [3.05, 3.63) is 0 Å². The molecule has 1 amide bonds. The molecule has 6 heteroatoms. The quantitative estimate of drug-likeness (QED) is 0.0949. The van der Waals surface area contributed by atoms with Gasteiger partial charge in [-0.15, -0.1) is 0 Å². The summed E-state index contributed by atoms with van der Waals surface area (Å²) in [5.74, 6) is -0.302. The molecule has 0 aromatic heterocycles. The summed E-state index contributed by atoms with van der Waals surface area (Å²) in [6, 6.07) is -0.632. The van der Waals surface area contributed by atoms with Crippen LogP contribution in [0.15, 0.2) is 0 Å². The summed E-state index contributed by atoms with van der Waals surface area (Å²) in [6.45, 7) is 8.45. The number of amides is 1. The highest BCUT2D eigenvalue weighted by molar-refractivity contribution is 5.79. The Morgan fingerprint density at radius 2 is 1.51 bits per heavy atom. The third-order valence-corrected chi connectivity index (χ3v) is 7.06. The summed E-state index contributed by atoms with van der Waals surface area (Å²) in [5.41, 5.74) is 0. The monoisotopic (exact) mass is 495 g/mol. The Hall–Kier alpha value is -1.59. The van der Waals surface area contributed by atoms with E-state index in [1.807, 2.05) is 13.8 Å². The van der Waals surface area contributed by atoms with E-state index in [9.17, 15) is 14.4 Å². The summed E-state index contributed by atoms with van der Waals surface area (Å²) < 4.78 is 11.4. The molecule has 0 radical (unpaired) electrons. The van der Waals surface area contributed by atoms with E-state index in [1.165, 1.54) is 57.8 Å². The van der Waals surface area contributed by atoms with Crippen LogP contribution in [0.2, 0.25) is 0 Å². The Morgan fingerprint density at radius 3 is 2.06 bits per heavy atom. The van der Waals surface area contributed by atoms with Crippen molar-refractivity contribution in [1.29, 1.82) is 0 Å². The van der Waals surface area contributed by atoms with E-state index in [4.69, 9.17) is 9.47 Å². The molecule has 35 heavy (non-hydrogen) atoms. The van der Waals surface area contributed by atoms with Gasteiger partial charge in [0.05, 0.1) is 5.92 Å². The first-order valence-electron chi connectivity index (χ1n) is 14.5. The lowest BCUT2D eigenvalue weighted by molar-refractivity contribution is -0.190. The van der Waals surface area contributed by atoms with Crippen molar-refractivity contribution in [1.82, 2.24) is 5.32 Å². The van der Waals surface area contributed by atoms with Gasteiger partial charge in [-0.2, -0.15) is 0 Å². The molecule has 4 atom stereocenters. The number of carbonyl (C=O) groups excluding carboxylic acids is 3. The van der Waals surface area contributed by atoms with Crippen molar-refractivity contribution in [2.75, 3.05) is 0 Å². The lowest BCUT2D eigenvalue weighted by atomic mass is 9.86. The van der Waals surface area contributed by atoms with Gasteiger partial charge in [-0.3, -0.25) is 9.59 Å². The minimum Gasteiger partial charge on any atom is -0.461 e. The number of hydrogen-bond acceptors (Lipinski definition) is 5. The zero-order valence-corrected chi connectivity index (χ0v) is 23.0. The number of rotatable bonds is 23. The molecule has 1 saturated heterocycles. The minimum absolute atomic E-state index is 0.0734. The first kappa shape index (κ1) is 31.4. The van der Waals surface area contributed by atoms with E-state index in [1.54, 1.807) is 0 Å². The molecule has 1 rings (SSSR count). The van der Waals surface area contributed by atoms with Crippen LogP contribution in [0.3, 0.4) is 0 Å². The summed E-state index contributed by atoms with van der Waals surface area (Å²) in [4.78, 5) is 36.0. The second kappa shape index (κ2) is 19.6. The lowest BCUT2D eigenvalue weighted by Crippen LogP contribution is -2.48. The van der Waals surface area contributed by atoms with Crippen molar-refractivity contribution >= 4 is 18.3 Å². The summed E-state index contributed by atoms with van der Waals surface area (Å²) in [6.07, 6.45) is 18.5. The van der Waals surface area contributed by atoms with Crippen LogP contribution < -0.4 is 5.32 Å². The minimum atomic E-state index is -0.632. The molecule has 1 fully saturated rings. The number of ether oxygens (including phenoxy) is 2. The maximum Gasteiger partial charge on any atom is 0.328 e. The standard InChI is InChI=1S/C29H53NO5/c1-5-7-9-11-12-13-14-15-16-18-24(34-29(33)26(30-22-31)20-23(3)4)21-27-25(28(32)35-27)19-17-10-8-6-2/h22-27H,5-21H2,1-4H3,(H,30,31)/t24-,25-,26?,27?/m1/s1. The molecule has 0 aromatic rings. The molecule has 204 valence electrons. The van der Waals surface area contributed by atoms with Crippen LogP contribution in [0.4, 0.5) is 0 Å². The summed E-state index contributed by atoms with van der Waals surface area (Å²) >= 11 is 0. The van der Waals surface area contributed by atoms with E-state index in [0.29, 0.717) is 19.3 Å². The molecule has 0 bridgehead atoms. The summed E-state index contributed by atoms with van der Waals surface area (Å²) in [5, 5.41) is 2.62. The van der Waals surface area contributed by atoms with Crippen LogP contribution in [0.25, 0.3) is 0 Å². The first-order valence-corrected chi connectivity index (χ1v) is 14.5. The molecule has 1 heterocycles. The Balaban J connectivity index is 2.58. The molecule has 0 saturated carbocycles. The van der Waals surface area contributed by atoms with Gasteiger partial charge < -0.3 is 14.8 Å². The maximum atomic E-state index is 12.9. The fourth-order valence-corrected chi connectivity index (χ4v) is 4.90. The fraction of sp³-hybridized carbons (Fsp3) is 0.897. The van der Waals surface area contributed by atoms with Crippen molar-refractivity contribution < 1.29 is 23.9 Å². The molecule has 6 nitrogen and oxygen atoms in total. The van der Waals surface area contributed by atoms with Gasteiger partial charge >= 0.3 is 11.9 Å². The molecule has 1 N–H and O–H groups in total. The van der Waals surface area contributed by atoms with Crippen LogP contribution in [0.5, 0.6) is 0 Å². The van der Waals surface area contributed by atoms with Gasteiger partial charge in [-0.05, 0) is 31.6 Å². The van der Waals surface area contributed by atoms with Crippen molar-refractivity contribution in [3.63, 3.8) is 0 Å². The SMILES string of the molecule is CCCCCCCCCCC[C@H](CC1OC(=O)[C@@H]1CCCCCC)OC(=O)C(CC(C)C)NC=O. The molecular weight excluding hydrogens is 442 g/mol. The van der Waals surface area contributed by atoms with E-state index >= 15 is 0 Å². The largest absolute Gasteiger partial charge is 0.461 e. The average Bonchev–Trinajstić information content (AvgIpc) is 2.81. The molecule has 0 spiro atoms. The van der Waals surface area contributed by atoms with E-state index in [2.05, 4.69) is 19.2 Å². The zero-order valence-electron chi connectivity index (χ0n) is 23.0. The molecule has 2 unspecified atom stereocenters. The Kier molecular flexibility index (Phi) is 17.6. The summed E-state index contributed by atoms with van der Waals surface area (Å²) in [7, 11) is 0. The van der Waals surface area contributed by atoms with E-state index in [0.717, 1.165) is 38.5 Å². The second-order valence-corrected chi connectivity index (χ2v) is 10.8. The van der Waals surface area contributed by atoms with Gasteiger partial charge in [0.2, 0.25) is 6.41 Å². The van der Waals surface area contributed by atoms with Crippen LogP contribution >= 0.6 is 0 Å². The topological polar surface area (TPSA) is 81.7 Å². The number of hydrogen-bond donors (Lipinski definition) is 1. The third-order valence-electron chi connectivity index (χ3n) is 7.06. The second-order valence-electron chi connectivity index (χ2n) is 10.8. The van der Waals surface area contributed by atoms with Gasteiger partial charge in [-0.25, -0.2) is 4.79 Å². The lowest BCUT2D eigenvalue weighted by Gasteiger charge is -2.37. The number of esters is 2. The number of unbranched alkanes of at least 4 members (excludes halogenated alkanes) is 11. The smallest absolute Gasteiger partial charge is 0.328 e. The van der Waals surface area contributed by atoms with Crippen molar-refractivity contribution in [2.45, 2.75) is 155 Å². The molecular formula is C29H53NO5. The zero-order chi connectivity index (χ0) is 25.9. The van der Waals surface area contributed by atoms with Crippen LogP contribution in [-0.4, -0.2) is 36.6 Å². The average molecular weight is 496 g/mol. The highest BCUT2D eigenvalue weighted by atomic mass is 16.6. The third kappa shape index (κ3) is 13.9. The van der Waals surface area contributed by atoms with Crippen LogP contribution in [0.1, 0.15) is 137 Å². The van der Waals surface area contributed by atoms with Gasteiger partial charge in [-0.1, -0.05) is 105 Å². The fourth-order valence-electron chi connectivity index (χ4n) is 4.90. The maximum absolute atomic E-state index is 12.9. The predicted molar refractivity (Wildman–Crippen MR) is 141 cm³/mol. The first-order chi connectivity index (χ1) is 16.9. The van der Waals surface area contributed by atoms with Gasteiger partial charge in [0, 0.05) is 6.42 Å². The predicted octanol–water partition coefficient (Wildman–Crippen LogP) is 6.88. The van der Waals surface area contributed by atoms with E-state index < -0.39 is 6.04 Å². The Morgan fingerprint density at radius 1 is 0.943 bits per heavy atom. The van der Waals surface area contributed by atoms with Gasteiger partial charge in [0.15, 0.2) is 0 Å². The Labute approximate surface area is 214 Å². The number of carbonyl (C=O) groups is 3. The number of cyclic esters (lactones) is 1. The highest BCUT2D eigenvalue weighted by Crippen LogP contribution is 2.32. The van der Waals surface area contributed by atoms with E-state index in [-0.39, 0.29) is 36.0 Å². The molecule has 0 aliphatic carbocycles. The molecule has 1 aliphatic heterocycles. The number of nitrogens with one attached hydrogen (secondary N) is 1. The molecule has 0 aromatic carbocycles. The van der Waals surface area contributed by atoms with Gasteiger partial charge in [0.25, 0.3) is 0 Å². The highest BCUT2D eigenvalue weighted by Gasteiger charge is 2.43. The normalized spacial score (nSPS) is 19.1. The van der Waals surface area contributed by atoms with Crippen LogP contribution in [0, 0.1) is 11.8 Å². The van der Waals surface area contributed by atoms with Gasteiger partial charge in [0.1, 0.15) is 18.2 Å². The van der Waals surface area contributed by atoms with Crippen molar-refractivity contribution in [2.24, 2.45) is 11.8 Å².